The molecule has 0 amide bonds. The molecule has 2 saturated carbocycles. The van der Waals surface area contributed by atoms with Gasteiger partial charge in [-0.1, -0.05) is 0 Å². The van der Waals surface area contributed by atoms with Gasteiger partial charge in [0, 0.05) is 36.1 Å². The fourth-order valence-electron chi connectivity index (χ4n) is 3.20. The number of carboxylic acid groups (broad SMARTS) is 1. The van der Waals surface area contributed by atoms with Crippen LogP contribution in [0.4, 0.5) is 17.5 Å². The van der Waals surface area contributed by atoms with Crippen LogP contribution in [0.25, 0.3) is 10.9 Å². The molecule has 1 aromatic heterocycles. The number of carbonyl (C=O) groups excluding carboxylic acids is 1. The topological polar surface area (TPSA) is 131 Å². The summed E-state index contributed by atoms with van der Waals surface area (Å²) in [6.45, 7) is 3.67. The number of hydrogen-bond acceptors (Lipinski definition) is 8. The Morgan fingerprint density at radius 3 is 2.24 bits per heavy atom. The van der Waals surface area contributed by atoms with Crippen LogP contribution in [0.1, 0.15) is 19.8 Å². The summed E-state index contributed by atoms with van der Waals surface area (Å²) in [6.07, 6.45) is 17.5. The van der Waals surface area contributed by atoms with Gasteiger partial charge in [0.1, 0.15) is 5.82 Å². The summed E-state index contributed by atoms with van der Waals surface area (Å²) in [6, 6.07) is 5.66. The van der Waals surface area contributed by atoms with E-state index in [1.807, 2.05) is 57.1 Å². The van der Waals surface area contributed by atoms with Crippen molar-refractivity contribution in [3.63, 3.8) is 0 Å². The van der Waals surface area contributed by atoms with Crippen LogP contribution < -0.4 is 20.8 Å². The van der Waals surface area contributed by atoms with Gasteiger partial charge in [0.25, 0.3) is 5.95 Å². The summed E-state index contributed by atoms with van der Waals surface area (Å²) in [4.78, 5) is 24.7. The molecule has 0 aliphatic heterocycles. The maximum Gasteiger partial charge on any atom is 2.00 e. The Kier molecular flexibility index (Phi) is 11.6. The molecule has 0 bridgehead atoms. The fourth-order valence-corrected chi connectivity index (χ4v) is 3.20. The number of carboxylic acids is 1. The first-order valence-electron chi connectivity index (χ1n) is 10.6. The molecule has 34 heavy (non-hydrogen) atoms. The second kappa shape index (κ2) is 14.1. The van der Waals surface area contributed by atoms with Crippen LogP contribution in [0.15, 0.2) is 23.2 Å². The van der Waals surface area contributed by atoms with E-state index in [-0.39, 0.29) is 35.3 Å². The monoisotopic (exact) mass is 499 g/mol. The third-order valence-corrected chi connectivity index (χ3v) is 4.87. The summed E-state index contributed by atoms with van der Waals surface area (Å²) in [5.41, 5.74) is 7.61. The number of carbonyl (C=O) groups is 1. The number of aromatic nitrogens is 2. The SMILES string of the molecule is CCN(C[C]1[CH][CH][CH][CH]1)c1ccc2nc(/N=C(\[O-])CCC(=O)[O-])nc(N)c2c1.[CH]1[CH][CH][CH][CH]1.[Fe+2]. The van der Waals surface area contributed by atoms with Crippen LogP contribution in [0.2, 0.25) is 0 Å². The molecule has 2 aliphatic rings. The van der Waals surface area contributed by atoms with Crippen molar-refractivity contribution in [2.75, 3.05) is 23.7 Å². The van der Waals surface area contributed by atoms with Crippen molar-refractivity contribution >= 4 is 40.2 Å². The van der Waals surface area contributed by atoms with Crippen molar-refractivity contribution in [2.45, 2.75) is 19.8 Å². The molecule has 4 rings (SSSR count). The summed E-state index contributed by atoms with van der Waals surface area (Å²) in [7, 11) is 0. The van der Waals surface area contributed by atoms with E-state index >= 15 is 0 Å². The predicted octanol–water partition coefficient (Wildman–Crippen LogP) is 1.38. The molecule has 2 aliphatic carbocycles. The van der Waals surface area contributed by atoms with Crippen LogP contribution in [0.5, 0.6) is 0 Å². The van der Waals surface area contributed by atoms with Crippen molar-refractivity contribution in [3.05, 3.63) is 81.9 Å². The van der Waals surface area contributed by atoms with Crippen LogP contribution in [-0.4, -0.2) is 34.9 Å². The van der Waals surface area contributed by atoms with Gasteiger partial charge in [0.2, 0.25) is 0 Å². The number of rotatable bonds is 8. The predicted molar refractivity (Wildman–Crippen MR) is 125 cm³/mol. The number of nitrogen functional groups attached to an aromatic ring is 1. The van der Waals surface area contributed by atoms with Crippen LogP contribution in [-0.2, 0) is 21.9 Å². The molecular weight excluding hydrogens is 474 g/mol. The van der Waals surface area contributed by atoms with E-state index in [0.29, 0.717) is 10.9 Å². The van der Waals surface area contributed by atoms with Crippen LogP contribution in [0, 0.1) is 63.7 Å². The molecule has 176 valence electrons. The number of aliphatic carboxylic acids is 1. The largest absolute Gasteiger partial charge is 2.00 e. The molecule has 0 atom stereocenters. The number of anilines is 2. The number of aliphatic imine (C=N–C) groups is 1. The third-order valence-electron chi connectivity index (χ3n) is 4.87. The number of nitrogens with zero attached hydrogens (tertiary/aromatic N) is 4. The smallest absolute Gasteiger partial charge is 0.862 e. The van der Waals surface area contributed by atoms with Crippen LogP contribution >= 0.6 is 0 Å². The molecule has 9 heteroatoms. The molecular formula is C25H25FeN5O3. The summed E-state index contributed by atoms with van der Waals surface area (Å²) in [5, 5.41) is 22.8. The van der Waals surface area contributed by atoms with E-state index in [9.17, 15) is 15.0 Å². The fraction of sp³-hybridized carbons (Fsp3) is 0.200. The Hall–Kier alpha value is -2.38. The molecule has 1 aromatic carbocycles. The zero-order chi connectivity index (χ0) is 23.6. The van der Waals surface area contributed by atoms with E-state index in [0.717, 1.165) is 18.8 Å². The van der Waals surface area contributed by atoms with Gasteiger partial charge in [-0.05, 0) is 102 Å². The number of fused-ring (bicyclic) bond motifs is 1. The first-order chi connectivity index (χ1) is 16.0. The van der Waals surface area contributed by atoms with Crippen molar-refractivity contribution in [1.82, 2.24) is 9.97 Å². The first kappa shape index (κ1) is 27.9. The molecule has 10 radical (unpaired) electrons. The maximum absolute atomic E-state index is 11.7. The van der Waals surface area contributed by atoms with Crippen molar-refractivity contribution < 1.29 is 32.1 Å². The quantitative estimate of drug-likeness (QED) is 0.330. The van der Waals surface area contributed by atoms with Crippen molar-refractivity contribution in [1.29, 1.82) is 0 Å². The van der Waals surface area contributed by atoms with E-state index in [4.69, 9.17) is 5.73 Å². The Morgan fingerprint density at radius 1 is 1.00 bits per heavy atom. The molecule has 8 nitrogen and oxygen atoms in total. The first-order valence-corrected chi connectivity index (χ1v) is 10.6. The number of nitrogens with two attached hydrogens (primary N) is 1. The zero-order valence-corrected chi connectivity index (χ0v) is 19.8. The average molecular weight is 499 g/mol. The van der Waals surface area contributed by atoms with Crippen LogP contribution in [0.3, 0.4) is 0 Å². The Morgan fingerprint density at radius 2 is 1.65 bits per heavy atom. The normalized spacial score (nSPS) is 16.1. The minimum atomic E-state index is -1.31. The van der Waals surface area contributed by atoms with Gasteiger partial charge in [-0.2, -0.15) is 4.98 Å². The molecule has 0 spiro atoms. The Balaban J connectivity index is 0.000000603. The second-order valence-corrected chi connectivity index (χ2v) is 7.26. The maximum atomic E-state index is 11.7. The van der Waals surface area contributed by atoms with Gasteiger partial charge in [0.05, 0.1) is 5.52 Å². The van der Waals surface area contributed by atoms with Gasteiger partial charge >= 0.3 is 17.1 Å². The molecule has 2 N–H and O–H groups in total. The van der Waals surface area contributed by atoms with Gasteiger partial charge in [-0.15, -0.1) is 0 Å². The minimum Gasteiger partial charge on any atom is -0.862 e. The van der Waals surface area contributed by atoms with Gasteiger partial charge in [-0.25, -0.2) is 9.98 Å². The molecule has 0 unspecified atom stereocenters. The second-order valence-electron chi connectivity index (χ2n) is 7.26. The van der Waals surface area contributed by atoms with E-state index in [1.54, 1.807) is 6.07 Å². The standard InChI is InChI=1S/C20H22N5O3.C5H5.Fe/c1-2-25(12-13-5-3-4-6-13)14-7-8-16-15(11-14)19(21)24-20(22-16)23-17(26)9-10-18(27)28;1-2-4-5-3-1;/h3-8,11H,2,9-10,12H2,1H3,(H,27,28)(H3,21,22,23,24,26);1-5H;/q;;+2/p-2. The minimum absolute atomic E-state index is 0. The third kappa shape index (κ3) is 8.44. The summed E-state index contributed by atoms with van der Waals surface area (Å²) < 4.78 is 0. The van der Waals surface area contributed by atoms with Gasteiger partial charge in [0.15, 0.2) is 0 Å². The van der Waals surface area contributed by atoms with E-state index in [1.165, 1.54) is 5.92 Å². The Bertz CT molecular complexity index is 951. The molecule has 2 aromatic rings. The summed E-state index contributed by atoms with van der Waals surface area (Å²) in [5.74, 6) is -0.591. The van der Waals surface area contributed by atoms with Gasteiger partial charge < -0.3 is 25.6 Å². The molecule has 1 heterocycles. The van der Waals surface area contributed by atoms with E-state index < -0.39 is 18.3 Å². The van der Waals surface area contributed by atoms with Crippen molar-refractivity contribution in [3.8, 4) is 0 Å². The Labute approximate surface area is 212 Å². The van der Waals surface area contributed by atoms with E-state index in [2.05, 4.69) is 39.6 Å². The molecule has 0 saturated heterocycles. The number of benzene rings is 1. The van der Waals surface area contributed by atoms with Gasteiger partial charge in [-0.3, -0.25) is 0 Å². The zero-order valence-electron chi connectivity index (χ0n) is 18.7. The number of hydrogen-bond donors (Lipinski definition) is 1. The summed E-state index contributed by atoms with van der Waals surface area (Å²) >= 11 is 0. The van der Waals surface area contributed by atoms with Crippen molar-refractivity contribution in [2.24, 2.45) is 4.99 Å². The average Bonchev–Trinajstić information content (AvgIpc) is 3.53. The molecule has 2 fully saturated rings.